The number of pyridine rings is 2. The molecule has 154 valence electrons. The van der Waals surface area contributed by atoms with Crippen molar-refractivity contribution in [2.45, 2.75) is 51.6 Å². The van der Waals surface area contributed by atoms with Gasteiger partial charge >= 0.3 is 0 Å². The molecule has 2 fully saturated rings. The first-order valence-electron chi connectivity index (χ1n) is 10.4. The molecule has 29 heavy (non-hydrogen) atoms. The van der Waals surface area contributed by atoms with E-state index in [1.165, 1.54) is 6.07 Å². The van der Waals surface area contributed by atoms with Crippen LogP contribution in [0.5, 0.6) is 0 Å². The summed E-state index contributed by atoms with van der Waals surface area (Å²) in [5, 5.41) is 3.24. The number of aromatic nitrogens is 2. The first kappa shape index (κ1) is 19.6. The van der Waals surface area contributed by atoms with Gasteiger partial charge in [-0.15, -0.1) is 0 Å². The summed E-state index contributed by atoms with van der Waals surface area (Å²) in [4.78, 5) is 33.8. The number of hydrogen-bond acceptors (Lipinski definition) is 5. The lowest BCUT2D eigenvalue weighted by Gasteiger charge is -2.43. The number of aromatic amines is 1. The Labute approximate surface area is 170 Å². The van der Waals surface area contributed by atoms with E-state index in [0.29, 0.717) is 17.1 Å². The molecule has 0 aromatic carbocycles. The van der Waals surface area contributed by atoms with E-state index in [9.17, 15) is 9.59 Å². The highest BCUT2D eigenvalue weighted by molar-refractivity contribution is 5.94. The van der Waals surface area contributed by atoms with Gasteiger partial charge in [0, 0.05) is 41.7 Å². The van der Waals surface area contributed by atoms with Crippen molar-refractivity contribution < 1.29 is 4.79 Å². The second kappa shape index (κ2) is 7.99. The number of piperidine rings is 1. The van der Waals surface area contributed by atoms with E-state index in [1.54, 1.807) is 19.2 Å². The Balaban J connectivity index is 1.40. The summed E-state index contributed by atoms with van der Waals surface area (Å²) in [5.41, 5.74) is 8.13. The molecule has 3 heterocycles. The number of carbonyl (C=O) groups excluding carboxylic acids is 1. The quantitative estimate of drug-likeness (QED) is 0.736. The molecule has 1 spiro atoms. The number of nitrogens with zero attached hydrogens (tertiary/aromatic N) is 2. The topological polar surface area (TPSA) is 104 Å². The van der Waals surface area contributed by atoms with Crippen molar-refractivity contribution in [1.29, 1.82) is 0 Å². The molecule has 1 unspecified atom stereocenters. The fourth-order valence-corrected chi connectivity index (χ4v) is 5.00. The number of hydrogen-bond donors (Lipinski definition) is 3. The van der Waals surface area contributed by atoms with Crippen LogP contribution >= 0.6 is 0 Å². The van der Waals surface area contributed by atoms with Crippen LogP contribution in [0.1, 0.15) is 53.7 Å². The van der Waals surface area contributed by atoms with Crippen LogP contribution in [0.15, 0.2) is 35.3 Å². The van der Waals surface area contributed by atoms with E-state index in [4.69, 9.17) is 5.73 Å². The van der Waals surface area contributed by atoms with Crippen molar-refractivity contribution in [3.05, 3.63) is 57.6 Å². The third kappa shape index (κ3) is 4.19. The lowest BCUT2D eigenvalue weighted by molar-refractivity contribution is 0.0685. The largest absolute Gasteiger partial charge is 0.383 e. The minimum absolute atomic E-state index is 0.143. The van der Waals surface area contributed by atoms with E-state index in [2.05, 4.69) is 20.2 Å². The number of rotatable bonds is 4. The summed E-state index contributed by atoms with van der Waals surface area (Å²) in [7, 11) is 0. The Morgan fingerprint density at radius 2 is 2.14 bits per heavy atom. The highest BCUT2D eigenvalue weighted by atomic mass is 16.2. The normalized spacial score (nSPS) is 21.3. The number of nitrogen functional groups attached to an aromatic ring is 1. The van der Waals surface area contributed by atoms with Crippen molar-refractivity contribution in [3.63, 3.8) is 0 Å². The smallest absolute Gasteiger partial charge is 0.251 e. The van der Waals surface area contributed by atoms with Crippen LogP contribution in [-0.2, 0) is 6.54 Å². The maximum Gasteiger partial charge on any atom is 0.251 e. The lowest BCUT2D eigenvalue weighted by atomic mass is 9.74. The number of anilines is 1. The predicted molar refractivity (Wildman–Crippen MR) is 112 cm³/mol. The molecule has 1 aliphatic carbocycles. The van der Waals surface area contributed by atoms with Crippen molar-refractivity contribution >= 4 is 11.7 Å². The first-order chi connectivity index (χ1) is 13.9. The van der Waals surface area contributed by atoms with Gasteiger partial charge in [-0.25, -0.2) is 4.98 Å². The molecule has 7 heteroatoms. The van der Waals surface area contributed by atoms with Crippen molar-refractivity contribution in [2.75, 3.05) is 18.8 Å². The van der Waals surface area contributed by atoms with Crippen LogP contribution in [0.2, 0.25) is 0 Å². The van der Waals surface area contributed by atoms with Crippen molar-refractivity contribution in [1.82, 2.24) is 20.2 Å². The van der Waals surface area contributed by atoms with Crippen LogP contribution < -0.4 is 16.6 Å². The zero-order valence-corrected chi connectivity index (χ0v) is 16.9. The van der Waals surface area contributed by atoms with Gasteiger partial charge in [-0.1, -0.05) is 12.5 Å². The van der Waals surface area contributed by atoms with Crippen LogP contribution in [0.4, 0.5) is 5.82 Å². The minimum Gasteiger partial charge on any atom is -0.383 e. The Kier molecular flexibility index (Phi) is 5.41. The van der Waals surface area contributed by atoms with Crippen molar-refractivity contribution in [3.8, 4) is 0 Å². The van der Waals surface area contributed by atoms with E-state index >= 15 is 0 Å². The molecule has 1 saturated heterocycles. The van der Waals surface area contributed by atoms with E-state index in [1.807, 2.05) is 12.1 Å². The van der Waals surface area contributed by atoms with Gasteiger partial charge in [-0.05, 0) is 63.2 Å². The van der Waals surface area contributed by atoms with Crippen LogP contribution in [0.25, 0.3) is 0 Å². The number of amides is 1. The first-order valence-corrected chi connectivity index (χ1v) is 10.4. The van der Waals surface area contributed by atoms with Crippen LogP contribution in [-0.4, -0.2) is 39.9 Å². The molecule has 2 aromatic heterocycles. The third-order valence-corrected chi connectivity index (χ3v) is 6.63. The molecule has 1 atom stereocenters. The molecule has 4 N–H and O–H groups in total. The summed E-state index contributed by atoms with van der Waals surface area (Å²) in [5.74, 6) is 0.461. The average molecular weight is 396 g/mol. The molecule has 7 nitrogen and oxygen atoms in total. The second-order valence-corrected chi connectivity index (χ2v) is 8.52. The highest BCUT2D eigenvalue weighted by Gasteiger charge is 2.45. The maximum atomic E-state index is 12.8. The molecule has 0 radical (unpaired) electrons. The lowest BCUT2D eigenvalue weighted by Crippen LogP contribution is -2.50. The zero-order chi connectivity index (χ0) is 20.4. The Hall–Kier alpha value is -2.67. The number of nitrogens with two attached hydrogens (primary N) is 1. The molecule has 1 amide bonds. The van der Waals surface area contributed by atoms with Gasteiger partial charge in [0.1, 0.15) is 5.82 Å². The Bertz CT molecular complexity index is 946. The van der Waals surface area contributed by atoms with Gasteiger partial charge < -0.3 is 16.0 Å². The average Bonchev–Trinajstić information content (AvgIpc) is 3.06. The fourth-order valence-electron chi connectivity index (χ4n) is 5.00. The number of nitrogens with one attached hydrogen (secondary N) is 2. The number of likely N-dealkylation sites (tertiary alicyclic amines) is 1. The summed E-state index contributed by atoms with van der Waals surface area (Å²) >= 11 is 0. The van der Waals surface area contributed by atoms with Crippen molar-refractivity contribution in [2.24, 2.45) is 5.41 Å². The van der Waals surface area contributed by atoms with Gasteiger partial charge in [0.25, 0.3) is 5.91 Å². The number of aryl methyl sites for hydroxylation is 1. The molecule has 4 rings (SSSR count). The number of carbonyl (C=O) groups is 1. The molecular weight excluding hydrogens is 366 g/mol. The summed E-state index contributed by atoms with van der Waals surface area (Å²) < 4.78 is 0. The van der Waals surface area contributed by atoms with E-state index in [-0.39, 0.29) is 22.9 Å². The molecule has 1 aliphatic heterocycles. The Morgan fingerprint density at radius 3 is 2.86 bits per heavy atom. The summed E-state index contributed by atoms with van der Waals surface area (Å²) in [6.07, 6.45) is 7.13. The van der Waals surface area contributed by atoms with Crippen LogP contribution in [0.3, 0.4) is 0 Å². The van der Waals surface area contributed by atoms with E-state index in [0.717, 1.165) is 57.3 Å². The second-order valence-electron chi connectivity index (χ2n) is 8.52. The van der Waals surface area contributed by atoms with Gasteiger partial charge in [0.15, 0.2) is 0 Å². The summed E-state index contributed by atoms with van der Waals surface area (Å²) in [6, 6.07) is 7.25. The molecule has 1 saturated carbocycles. The van der Waals surface area contributed by atoms with Gasteiger partial charge in [0.2, 0.25) is 5.56 Å². The van der Waals surface area contributed by atoms with Gasteiger partial charge in [0.05, 0.1) is 0 Å². The predicted octanol–water partition coefficient (Wildman–Crippen LogP) is 2.23. The molecule has 2 aromatic rings. The third-order valence-electron chi connectivity index (χ3n) is 6.63. The van der Waals surface area contributed by atoms with Gasteiger partial charge in [-0.2, -0.15) is 0 Å². The Morgan fingerprint density at radius 1 is 1.34 bits per heavy atom. The summed E-state index contributed by atoms with van der Waals surface area (Å²) in [6.45, 7) is 4.59. The minimum atomic E-state index is -0.237. The SMILES string of the molecule is Cc1cc(C(=O)NC2CCCC23CCN(Cc2cccnc2N)CC3)cc(=O)[nH]1. The standard InChI is InChI=1S/C22H29N5O2/c1-15-12-17(13-19(28)25-15)21(29)26-18-5-2-6-22(18)7-10-27(11-8-22)14-16-4-3-9-24-20(16)23/h3-4,9,12-13,18H,2,5-8,10-11,14H2,1H3,(H2,23,24)(H,25,28)(H,26,29). The van der Waals surface area contributed by atoms with Crippen LogP contribution in [0, 0.1) is 12.3 Å². The zero-order valence-electron chi connectivity index (χ0n) is 16.9. The maximum absolute atomic E-state index is 12.8. The van der Waals surface area contributed by atoms with E-state index < -0.39 is 0 Å². The van der Waals surface area contributed by atoms with Gasteiger partial charge in [-0.3, -0.25) is 14.5 Å². The fraction of sp³-hybridized carbons (Fsp3) is 0.500. The molecular formula is C22H29N5O2. The molecule has 0 bridgehead atoms. The number of H-pyrrole nitrogens is 1. The highest BCUT2D eigenvalue weighted by Crippen LogP contribution is 2.46. The molecule has 2 aliphatic rings. The monoisotopic (exact) mass is 395 g/mol.